The van der Waals surface area contributed by atoms with E-state index >= 15 is 0 Å². The smallest absolute Gasteiger partial charge is 0.224 e. The number of benzene rings is 1. The van der Waals surface area contributed by atoms with Crippen molar-refractivity contribution in [1.82, 2.24) is 0 Å². The predicted molar refractivity (Wildman–Crippen MR) is 84.2 cm³/mol. The first-order chi connectivity index (χ1) is 10.2. The van der Waals surface area contributed by atoms with Crippen LogP contribution in [0.2, 0.25) is 5.02 Å². The van der Waals surface area contributed by atoms with E-state index in [1.54, 1.807) is 18.2 Å². The fourth-order valence-corrected chi connectivity index (χ4v) is 2.39. The maximum atomic E-state index is 12.0. The quantitative estimate of drug-likeness (QED) is 0.840. The number of rotatable bonds is 4. The van der Waals surface area contributed by atoms with Crippen LogP contribution in [-0.2, 0) is 9.53 Å². The molecule has 0 saturated carbocycles. The molecule has 1 amide bonds. The van der Waals surface area contributed by atoms with Gasteiger partial charge in [-0.15, -0.1) is 0 Å². The van der Waals surface area contributed by atoms with E-state index in [2.05, 4.69) is 17.2 Å². The second-order valence-corrected chi connectivity index (χ2v) is 5.33. The van der Waals surface area contributed by atoms with Gasteiger partial charge in [-0.1, -0.05) is 23.4 Å². The van der Waals surface area contributed by atoms with Crippen LogP contribution >= 0.6 is 11.6 Å². The Hall–Kier alpha value is -1.54. The lowest BCUT2D eigenvalue weighted by Gasteiger charge is -2.10. The van der Waals surface area contributed by atoms with Crippen molar-refractivity contribution in [2.24, 2.45) is 5.73 Å². The number of halogens is 1. The predicted octanol–water partition coefficient (Wildman–Crippen LogP) is 2.55. The average Bonchev–Trinajstić information content (AvgIpc) is 2.99. The van der Waals surface area contributed by atoms with E-state index in [0.717, 1.165) is 31.4 Å². The summed E-state index contributed by atoms with van der Waals surface area (Å²) in [4.78, 5) is 12.0. The second kappa shape index (κ2) is 8.04. The summed E-state index contributed by atoms with van der Waals surface area (Å²) in [6.07, 6.45) is 3.52. The molecule has 5 heteroatoms. The Morgan fingerprint density at radius 3 is 3.10 bits per heavy atom. The second-order valence-electron chi connectivity index (χ2n) is 4.92. The molecular weight excluding hydrogens is 288 g/mol. The van der Waals surface area contributed by atoms with Crippen LogP contribution in [0.15, 0.2) is 18.2 Å². The van der Waals surface area contributed by atoms with Gasteiger partial charge in [0, 0.05) is 18.6 Å². The summed E-state index contributed by atoms with van der Waals surface area (Å²) >= 11 is 6.09. The largest absolute Gasteiger partial charge is 0.378 e. The number of carbonyl (C=O) groups excluding carboxylic acids is 1. The molecule has 0 aromatic heterocycles. The van der Waals surface area contributed by atoms with Crippen molar-refractivity contribution in [2.45, 2.75) is 31.8 Å². The van der Waals surface area contributed by atoms with Gasteiger partial charge in [0.2, 0.25) is 5.91 Å². The van der Waals surface area contributed by atoms with E-state index in [0.29, 0.717) is 23.7 Å². The van der Waals surface area contributed by atoms with Crippen molar-refractivity contribution in [3.63, 3.8) is 0 Å². The van der Waals surface area contributed by atoms with Crippen molar-refractivity contribution in [3.05, 3.63) is 28.8 Å². The first-order valence-corrected chi connectivity index (χ1v) is 7.47. The first-order valence-electron chi connectivity index (χ1n) is 7.09. The summed E-state index contributed by atoms with van der Waals surface area (Å²) in [5, 5.41) is 3.32. The number of ether oxygens (including phenoxy) is 1. The SMILES string of the molecule is NCC#Cc1ccc(Cl)c(NC(=O)CCC2CCCO2)c1. The zero-order valence-corrected chi connectivity index (χ0v) is 12.6. The number of amides is 1. The average molecular weight is 307 g/mol. The van der Waals surface area contributed by atoms with Crippen LogP contribution in [0.1, 0.15) is 31.2 Å². The maximum Gasteiger partial charge on any atom is 0.224 e. The van der Waals surface area contributed by atoms with Gasteiger partial charge in [-0.25, -0.2) is 0 Å². The van der Waals surface area contributed by atoms with E-state index in [4.69, 9.17) is 22.1 Å². The Kier molecular flexibility index (Phi) is 6.06. The fourth-order valence-electron chi connectivity index (χ4n) is 2.23. The third-order valence-corrected chi connectivity index (χ3v) is 3.62. The van der Waals surface area contributed by atoms with E-state index < -0.39 is 0 Å². The molecule has 1 aromatic rings. The molecule has 0 radical (unpaired) electrons. The molecule has 0 bridgehead atoms. The minimum absolute atomic E-state index is 0.0589. The van der Waals surface area contributed by atoms with Crippen LogP contribution in [0.25, 0.3) is 0 Å². The van der Waals surface area contributed by atoms with E-state index in [1.807, 2.05) is 0 Å². The Labute approximate surface area is 130 Å². The highest BCUT2D eigenvalue weighted by Gasteiger charge is 2.17. The highest BCUT2D eigenvalue weighted by Crippen LogP contribution is 2.23. The molecule has 1 saturated heterocycles. The molecular formula is C16H19ClN2O2. The Balaban J connectivity index is 1.92. The van der Waals surface area contributed by atoms with Crippen LogP contribution < -0.4 is 11.1 Å². The lowest BCUT2D eigenvalue weighted by molar-refractivity contribution is -0.116. The molecule has 2 rings (SSSR count). The van der Waals surface area contributed by atoms with Crippen LogP contribution in [0.3, 0.4) is 0 Å². The number of nitrogens with one attached hydrogen (secondary N) is 1. The lowest BCUT2D eigenvalue weighted by atomic mass is 10.1. The summed E-state index contributed by atoms with van der Waals surface area (Å²) in [5.41, 5.74) is 6.70. The van der Waals surface area contributed by atoms with E-state index in [1.165, 1.54) is 0 Å². The number of anilines is 1. The Morgan fingerprint density at radius 1 is 1.52 bits per heavy atom. The van der Waals surface area contributed by atoms with Crippen LogP contribution in [0, 0.1) is 11.8 Å². The molecule has 4 nitrogen and oxygen atoms in total. The summed E-state index contributed by atoms with van der Waals surface area (Å²) in [6, 6.07) is 5.28. The van der Waals surface area contributed by atoms with Gasteiger partial charge in [0.25, 0.3) is 0 Å². The third kappa shape index (κ3) is 5.05. The minimum atomic E-state index is -0.0589. The molecule has 1 aliphatic rings. The van der Waals surface area contributed by atoms with Crippen LogP contribution in [-0.4, -0.2) is 25.2 Å². The number of hydrogen-bond acceptors (Lipinski definition) is 3. The number of carbonyl (C=O) groups is 1. The van der Waals surface area contributed by atoms with Gasteiger partial charge in [-0.05, 0) is 37.5 Å². The van der Waals surface area contributed by atoms with Crippen LogP contribution in [0.4, 0.5) is 5.69 Å². The van der Waals surface area contributed by atoms with Gasteiger partial charge in [0.1, 0.15) is 0 Å². The number of hydrogen-bond donors (Lipinski definition) is 2. The van der Waals surface area contributed by atoms with E-state index in [-0.39, 0.29) is 12.0 Å². The summed E-state index contributed by atoms with van der Waals surface area (Å²) < 4.78 is 5.50. The normalized spacial score (nSPS) is 17.1. The highest BCUT2D eigenvalue weighted by molar-refractivity contribution is 6.33. The van der Waals surface area contributed by atoms with Crippen LogP contribution in [0.5, 0.6) is 0 Å². The molecule has 1 aliphatic heterocycles. The summed E-state index contributed by atoms with van der Waals surface area (Å²) in [7, 11) is 0. The molecule has 0 aliphatic carbocycles. The van der Waals surface area contributed by atoms with E-state index in [9.17, 15) is 4.79 Å². The monoisotopic (exact) mass is 306 g/mol. The molecule has 1 heterocycles. The van der Waals surface area contributed by atoms with Gasteiger partial charge in [0.05, 0.1) is 23.4 Å². The van der Waals surface area contributed by atoms with Gasteiger partial charge in [-0.2, -0.15) is 0 Å². The molecule has 112 valence electrons. The Morgan fingerprint density at radius 2 is 2.38 bits per heavy atom. The molecule has 1 atom stereocenters. The molecule has 0 spiro atoms. The standard InChI is InChI=1S/C16H19ClN2O2/c17-14-7-5-12(3-1-9-18)11-15(14)19-16(20)8-6-13-4-2-10-21-13/h5,7,11,13H,2,4,6,8-10,18H2,(H,19,20). The zero-order chi connectivity index (χ0) is 15.1. The molecule has 3 N–H and O–H groups in total. The Bertz CT molecular complexity index is 557. The van der Waals surface area contributed by atoms with Gasteiger partial charge in [0.15, 0.2) is 0 Å². The highest BCUT2D eigenvalue weighted by atomic mass is 35.5. The van der Waals surface area contributed by atoms with Gasteiger partial charge in [-0.3, -0.25) is 4.79 Å². The maximum absolute atomic E-state index is 12.0. The molecule has 21 heavy (non-hydrogen) atoms. The molecule has 1 unspecified atom stereocenters. The van der Waals surface area contributed by atoms with Gasteiger partial charge >= 0.3 is 0 Å². The number of nitrogens with two attached hydrogens (primary N) is 1. The summed E-state index contributed by atoms with van der Waals surface area (Å²) in [6.45, 7) is 1.10. The van der Waals surface area contributed by atoms with Crippen molar-refractivity contribution in [3.8, 4) is 11.8 Å². The molecule has 1 aromatic carbocycles. The fraction of sp³-hybridized carbons (Fsp3) is 0.438. The first kappa shape index (κ1) is 15.8. The van der Waals surface area contributed by atoms with Crippen molar-refractivity contribution in [2.75, 3.05) is 18.5 Å². The topological polar surface area (TPSA) is 64.3 Å². The summed E-state index contributed by atoms with van der Waals surface area (Å²) in [5.74, 6) is 5.63. The van der Waals surface area contributed by atoms with Crippen molar-refractivity contribution >= 4 is 23.2 Å². The van der Waals surface area contributed by atoms with Crippen molar-refractivity contribution in [1.29, 1.82) is 0 Å². The van der Waals surface area contributed by atoms with Crippen molar-refractivity contribution < 1.29 is 9.53 Å². The molecule has 1 fully saturated rings. The zero-order valence-electron chi connectivity index (χ0n) is 11.8. The van der Waals surface area contributed by atoms with Gasteiger partial charge < -0.3 is 15.8 Å². The minimum Gasteiger partial charge on any atom is -0.378 e. The third-order valence-electron chi connectivity index (χ3n) is 3.29. The lowest BCUT2D eigenvalue weighted by Crippen LogP contribution is -2.15.